The SMILES string of the molecule is [B]=C(C)Oc1ccc(C=C)cc1. The predicted molar refractivity (Wildman–Crippen MR) is 53.6 cm³/mol. The van der Waals surface area contributed by atoms with Crippen molar-refractivity contribution in [3.63, 3.8) is 0 Å². The van der Waals surface area contributed by atoms with Crippen molar-refractivity contribution in [3.05, 3.63) is 36.4 Å². The van der Waals surface area contributed by atoms with Gasteiger partial charge in [-0.25, -0.2) is 0 Å². The molecule has 0 heterocycles. The average Bonchev–Trinajstić information content (AvgIpc) is 2.05. The molecule has 0 N–H and O–H groups in total. The van der Waals surface area contributed by atoms with Crippen molar-refractivity contribution in [3.8, 4) is 5.75 Å². The van der Waals surface area contributed by atoms with E-state index in [4.69, 9.17) is 12.2 Å². The Morgan fingerprint density at radius 1 is 1.42 bits per heavy atom. The van der Waals surface area contributed by atoms with Crippen molar-refractivity contribution in [2.75, 3.05) is 0 Å². The second kappa shape index (κ2) is 3.91. The van der Waals surface area contributed by atoms with Crippen LogP contribution >= 0.6 is 0 Å². The van der Waals surface area contributed by atoms with Gasteiger partial charge in [0.1, 0.15) is 0 Å². The standard InChI is InChI=1S/C10H10BO/c1-3-9-4-6-10(7-5-9)12-8(2)11/h3-7H,1H2,2H3. The molecule has 0 spiro atoms. The number of hydrogen-bond acceptors (Lipinski definition) is 1. The minimum absolute atomic E-state index is 0.446. The summed E-state index contributed by atoms with van der Waals surface area (Å²) in [7, 11) is 5.37. The summed E-state index contributed by atoms with van der Waals surface area (Å²) in [6.45, 7) is 5.36. The second-order valence-corrected chi connectivity index (χ2v) is 2.49. The summed E-state index contributed by atoms with van der Waals surface area (Å²) < 4.78 is 5.17. The monoisotopic (exact) mass is 157 g/mol. The van der Waals surface area contributed by atoms with Crippen LogP contribution in [0.3, 0.4) is 0 Å². The van der Waals surface area contributed by atoms with E-state index >= 15 is 0 Å². The van der Waals surface area contributed by atoms with Gasteiger partial charge in [-0.2, -0.15) is 0 Å². The maximum absolute atomic E-state index is 5.37. The van der Waals surface area contributed by atoms with E-state index in [1.807, 2.05) is 24.3 Å². The number of rotatable bonds is 3. The van der Waals surface area contributed by atoms with Crippen LogP contribution < -0.4 is 4.74 Å². The van der Waals surface area contributed by atoms with E-state index < -0.39 is 0 Å². The molecule has 0 aliphatic heterocycles. The summed E-state index contributed by atoms with van der Waals surface area (Å²) in [4.78, 5) is 0. The summed E-state index contributed by atoms with van der Waals surface area (Å²) in [6, 6.07) is 7.55. The van der Waals surface area contributed by atoms with Crippen molar-refractivity contribution in [1.82, 2.24) is 0 Å². The molecule has 12 heavy (non-hydrogen) atoms. The van der Waals surface area contributed by atoms with Gasteiger partial charge >= 0.3 is 73.0 Å². The van der Waals surface area contributed by atoms with Gasteiger partial charge in [0, 0.05) is 0 Å². The van der Waals surface area contributed by atoms with Crippen molar-refractivity contribution in [2.45, 2.75) is 6.92 Å². The van der Waals surface area contributed by atoms with Gasteiger partial charge in [0.15, 0.2) is 0 Å². The van der Waals surface area contributed by atoms with Crippen LogP contribution in [0.2, 0.25) is 0 Å². The van der Waals surface area contributed by atoms with Gasteiger partial charge in [0.25, 0.3) is 0 Å². The van der Waals surface area contributed by atoms with Gasteiger partial charge in [-0.3, -0.25) is 0 Å². The van der Waals surface area contributed by atoms with Crippen LogP contribution in [-0.4, -0.2) is 13.1 Å². The van der Waals surface area contributed by atoms with Crippen molar-refractivity contribution in [1.29, 1.82) is 0 Å². The molecule has 0 atom stereocenters. The first-order valence-electron chi connectivity index (χ1n) is 3.72. The van der Waals surface area contributed by atoms with E-state index in [2.05, 4.69) is 6.58 Å². The van der Waals surface area contributed by atoms with Crippen LogP contribution in [-0.2, 0) is 0 Å². The zero-order valence-corrected chi connectivity index (χ0v) is 7.08. The summed E-state index contributed by atoms with van der Waals surface area (Å²) in [5, 5.41) is 0. The topological polar surface area (TPSA) is 9.23 Å². The van der Waals surface area contributed by atoms with E-state index in [1.165, 1.54) is 0 Å². The Morgan fingerprint density at radius 3 is 2.42 bits per heavy atom. The van der Waals surface area contributed by atoms with Crippen molar-refractivity contribution in [2.24, 2.45) is 0 Å². The molecule has 2 heteroatoms. The molecule has 0 aliphatic carbocycles. The first-order valence-corrected chi connectivity index (χ1v) is 3.72. The molecule has 1 aromatic rings. The molecule has 1 rings (SSSR count). The van der Waals surface area contributed by atoms with E-state index in [9.17, 15) is 0 Å². The molecule has 0 saturated heterocycles. The molecule has 0 aliphatic rings. The first-order chi connectivity index (χ1) is 5.72. The van der Waals surface area contributed by atoms with E-state index in [-0.39, 0.29) is 0 Å². The Balaban J connectivity index is 2.77. The Bertz CT molecular complexity index is 287. The normalized spacial score (nSPS) is 9.00. The molecular weight excluding hydrogens is 147 g/mol. The maximum atomic E-state index is 5.37. The zero-order valence-electron chi connectivity index (χ0n) is 7.08. The molecule has 1 radical (unpaired) electrons. The van der Waals surface area contributed by atoms with Gasteiger partial charge in [0.05, 0.1) is 0 Å². The molecule has 1 nitrogen and oxygen atoms in total. The van der Waals surface area contributed by atoms with E-state index in [0.717, 1.165) is 11.3 Å². The Labute approximate surface area is 73.8 Å². The minimum atomic E-state index is 0.446. The van der Waals surface area contributed by atoms with E-state index in [0.29, 0.717) is 5.65 Å². The van der Waals surface area contributed by atoms with Gasteiger partial charge < -0.3 is 0 Å². The zero-order chi connectivity index (χ0) is 8.97. The molecule has 0 aromatic heterocycles. The fraction of sp³-hybridized carbons (Fsp3) is 0.100. The third-order valence-corrected chi connectivity index (χ3v) is 1.39. The molecule has 59 valence electrons. The molecule has 0 saturated carbocycles. The third-order valence-electron chi connectivity index (χ3n) is 1.39. The molecule has 0 unspecified atom stereocenters. The molecular formula is C10H10BO. The van der Waals surface area contributed by atoms with Crippen molar-refractivity contribution >= 4 is 19.2 Å². The Morgan fingerprint density at radius 2 is 2.00 bits per heavy atom. The molecule has 0 fully saturated rings. The van der Waals surface area contributed by atoms with Crippen LogP contribution in [0.25, 0.3) is 6.08 Å². The average molecular weight is 157 g/mol. The summed E-state index contributed by atoms with van der Waals surface area (Å²) in [5.74, 6) is 0.751. The molecule has 0 amide bonds. The summed E-state index contributed by atoms with van der Waals surface area (Å²) in [5.41, 5.74) is 1.51. The van der Waals surface area contributed by atoms with Crippen molar-refractivity contribution < 1.29 is 4.74 Å². The van der Waals surface area contributed by atoms with Crippen LogP contribution in [0.4, 0.5) is 0 Å². The van der Waals surface area contributed by atoms with Gasteiger partial charge in [-0.05, 0) is 0 Å². The molecule has 0 bridgehead atoms. The third kappa shape index (κ3) is 2.38. The van der Waals surface area contributed by atoms with Gasteiger partial charge in [-0.1, -0.05) is 0 Å². The van der Waals surface area contributed by atoms with Crippen LogP contribution in [0.1, 0.15) is 12.5 Å². The van der Waals surface area contributed by atoms with Crippen LogP contribution in [0.15, 0.2) is 30.8 Å². The number of ether oxygens (including phenoxy) is 1. The number of benzene rings is 1. The quantitative estimate of drug-likeness (QED) is 0.610. The number of hydrogen-bond donors (Lipinski definition) is 0. The summed E-state index contributed by atoms with van der Waals surface area (Å²) in [6.07, 6.45) is 1.78. The fourth-order valence-corrected chi connectivity index (χ4v) is 0.858. The Kier molecular flexibility index (Phi) is 2.86. The van der Waals surface area contributed by atoms with Crippen LogP contribution in [0.5, 0.6) is 5.75 Å². The Hall–Kier alpha value is -1.31. The predicted octanol–water partition coefficient (Wildman–Crippen LogP) is 2.03. The second-order valence-electron chi connectivity index (χ2n) is 2.49. The van der Waals surface area contributed by atoms with E-state index in [1.54, 1.807) is 13.0 Å². The van der Waals surface area contributed by atoms with Gasteiger partial charge in [-0.15, -0.1) is 0 Å². The fourth-order valence-electron chi connectivity index (χ4n) is 0.858. The van der Waals surface area contributed by atoms with Crippen LogP contribution in [0, 0.1) is 0 Å². The summed E-state index contributed by atoms with van der Waals surface area (Å²) >= 11 is 0. The first kappa shape index (κ1) is 8.79. The molecule has 1 aromatic carbocycles. The van der Waals surface area contributed by atoms with Gasteiger partial charge in [0.2, 0.25) is 0 Å².